The number of benzene rings is 2. The van der Waals surface area contributed by atoms with Crippen molar-refractivity contribution in [2.45, 2.75) is 17.7 Å². The number of nitrogens with zero attached hydrogens (tertiary/aromatic N) is 1. The van der Waals surface area contributed by atoms with Crippen LogP contribution >= 0.6 is 15.9 Å². The average Bonchev–Trinajstić information content (AvgIpc) is 2.69. The molecule has 1 aliphatic rings. The Labute approximate surface area is 168 Å². The van der Waals surface area contributed by atoms with Gasteiger partial charge in [-0.1, -0.05) is 15.9 Å². The molecule has 150 valence electrons. The van der Waals surface area contributed by atoms with Crippen LogP contribution in [0.3, 0.4) is 0 Å². The molecule has 0 bridgehead atoms. The highest BCUT2D eigenvalue weighted by atomic mass is 79.9. The summed E-state index contributed by atoms with van der Waals surface area (Å²) in [6.45, 7) is 0.244. The topological polar surface area (TPSA) is 66.5 Å². The molecule has 28 heavy (non-hydrogen) atoms. The zero-order valence-electron chi connectivity index (χ0n) is 14.5. The Balaban J connectivity index is 1.64. The van der Waals surface area contributed by atoms with E-state index in [1.54, 1.807) is 12.1 Å². The van der Waals surface area contributed by atoms with E-state index in [1.165, 1.54) is 16.4 Å². The van der Waals surface area contributed by atoms with Crippen molar-refractivity contribution < 1.29 is 26.4 Å². The molecule has 1 fully saturated rings. The molecule has 2 aromatic carbocycles. The summed E-state index contributed by atoms with van der Waals surface area (Å²) in [5, 5.41) is 2.25. The van der Waals surface area contributed by atoms with Crippen LogP contribution in [0.2, 0.25) is 0 Å². The normalized spacial score (nSPS) is 16.1. The number of nitrogens with one attached hydrogen (secondary N) is 1. The maximum absolute atomic E-state index is 13.7. The lowest BCUT2D eigenvalue weighted by Gasteiger charge is -2.30. The number of hydrogen-bond donors (Lipinski definition) is 1. The fourth-order valence-electron chi connectivity index (χ4n) is 2.97. The van der Waals surface area contributed by atoms with Crippen molar-refractivity contribution in [3.05, 3.63) is 58.3 Å². The highest BCUT2D eigenvalue weighted by Crippen LogP contribution is 2.27. The highest BCUT2D eigenvalue weighted by Gasteiger charge is 2.32. The second-order valence-electron chi connectivity index (χ2n) is 6.34. The minimum atomic E-state index is -3.67. The molecule has 5 nitrogen and oxygen atoms in total. The SMILES string of the molecule is O=C(Nc1ccc(F)c(F)c1F)C1CCN(S(=O)(=O)c2ccc(Br)cc2)CC1. The minimum absolute atomic E-state index is 0.122. The quantitative estimate of drug-likeness (QED) is 0.680. The molecule has 1 heterocycles. The lowest BCUT2D eigenvalue weighted by atomic mass is 9.97. The van der Waals surface area contributed by atoms with Crippen molar-refractivity contribution in [3.8, 4) is 0 Å². The number of amides is 1. The van der Waals surface area contributed by atoms with E-state index in [0.717, 1.165) is 16.6 Å². The molecule has 0 atom stereocenters. The van der Waals surface area contributed by atoms with Crippen LogP contribution in [-0.4, -0.2) is 31.7 Å². The summed E-state index contributed by atoms with van der Waals surface area (Å²) in [6.07, 6.45) is 0.458. The molecule has 1 N–H and O–H groups in total. The van der Waals surface area contributed by atoms with Gasteiger partial charge in [0.25, 0.3) is 0 Å². The van der Waals surface area contributed by atoms with E-state index in [0.29, 0.717) is 0 Å². The second kappa shape index (κ2) is 8.22. The number of anilines is 1. The van der Waals surface area contributed by atoms with E-state index in [2.05, 4.69) is 21.2 Å². The third kappa shape index (κ3) is 4.23. The Hall–Kier alpha value is -1.91. The number of carbonyl (C=O) groups is 1. The van der Waals surface area contributed by atoms with Crippen molar-refractivity contribution >= 4 is 37.5 Å². The zero-order valence-corrected chi connectivity index (χ0v) is 16.9. The van der Waals surface area contributed by atoms with Gasteiger partial charge in [0.05, 0.1) is 10.6 Å². The smallest absolute Gasteiger partial charge is 0.243 e. The highest BCUT2D eigenvalue weighted by molar-refractivity contribution is 9.10. The monoisotopic (exact) mass is 476 g/mol. The number of sulfonamides is 1. The predicted molar refractivity (Wildman–Crippen MR) is 101 cm³/mol. The van der Waals surface area contributed by atoms with Crippen LogP contribution in [0.1, 0.15) is 12.8 Å². The van der Waals surface area contributed by atoms with E-state index in [4.69, 9.17) is 0 Å². The molecule has 2 aromatic rings. The first-order chi connectivity index (χ1) is 13.2. The molecule has 3 rings (SSSR count). The lowest BCUT2D eigenvalue weighted by molar-refractivity contribution is -0.120. The van der Waals surface area contributed by atoms with E-state index in [9.17, 15) is 26.4 Å². The summed E-state index contributed by atoms with van der Waals surface area (Å²) in [7, 11) is -3.67. The Morgan fingerprint density at radius 1 is 1.00 bits per heavy atom. The van der Waals surface area contributed by atoms with Crippen molar-refractivity contribution in [1.82, 2.24) is 4.31 Å². The fourth-order valence-corrected chi connectivity index (χ4v) is 4.71. The molecule has 10 heteroatoms. The van der Waals surface area contributed by atoms with Crippen LogP contribution in [-0.2, 0) is 14.8 Å². The van der Waals surface area contributed by atoms with E-state index in [1.807, 2.05) is 0 Å². The third-order valence-corrected chi connectivity index (χ3v) is 7.01. The van der Waals surface area contributed by atoms with Crippen molar-refractivity contribution in [3.63, 3.8) is 0 Å². The van der Waals surface area contributed by atoms with Gasteiger partial charge in [-0.3, -0.25) is 4.79 Å². The Morgan fingerprint density at radius 3 is 2.21 bits per heavy atom. The zero-order chi connectivity index (χ0) is 20.5. The average molecular weight is 477 g/mol. The summed E-state index contributed by atoms with van der Waals surface area (Å²) in [5.41, 5.74) is -0.450. The van der Waals surface area contributed by atoms with Crippen LogP contribution in [0.15, 0.2) is 45.8 Å². The Bertz CT molecular complexity index is 992. The molecule has 0 radical (unpaired) electrons. The molecule has 1 aliphatic heterocycles. The van der Waals surface area contributed by atoms with Gasteiger partial charge in [0, 0.05) is 23.5 Å². The van der Waals surface area contributed by atoms with E-state index >= 15 is 0 Å². The van der Waals surface area contributed by atoms with Gasteiger partial charge in [-0.15, -0.1) is 0 Å². The van der Waals surface area contributed by atoms with Gasteiger partial charge in [-0.05, 0) is 49.2 Å². The van der Waals surface area contributed by atoms with Crippen molar-refractivity contribution in [1.29, 1.82) is 0 Å². The number of halogens is 4. The molecule has 0 aromatic heterocycles. The van der Waals surface area contributed by atoms with Crippen molar-refractivity contribution in [2.24, 2.45) is 5.92 Å². The van der Waals surface area contributed by atoms with Gasteiger partial charge in [0.1, 0.15) is 0 Å². The Kier molecular flexibility index (Phi) is 6.11. The maximum atomic E-state index is 13.7. The second-order valence-corrected chi connectivity index (χ2v) is 9.20. The van der Waals surface area contributed by atoms with Gasteiger partial charge in [0.15, 0.2) is 17.5 Å². The first kappa shape index (κ1) is 20.8. The minimum Gasteiger partial charge on any atom is -0.323 e. The standard InChI is InChI=1S/C18H16BrF3N2O3S/c19-12-1-3-13(4-2-12)28(26,27)24-9-7-11(8-10-24)18(25)23-15-6-5-14(20)16(21)17(15)22/h1-6,11H,7-10H2,(H,23,25). The summed E-state index contributed by atoms with van der Waals surface area (Å²) >= 11 is 3.25. The number of piperidine rings is 1. The first-order valence-corrected chi connectivity index (χ1v) is 10.6. The Morgan fingerprint density at radius 2 is 1.61 bits per heavy atom. The molecule has 0 spiro atoms. The fraction of sp³-hybridized carbons (Fsp3) is 0.278. The molecule has 1 saturated heterocycles. The molecular weight excluding hydrogens is 461 g/mol. The first-order valence-electron chi connectivity index (χ1n) is 8.40. The van der Waals surface area contributed by atoms with Gasteiger partial charge >= 0.3 is 0 Å². The van der Waals surface area contributed by atoms with Gasteiger partial charge in [-0.2, -0.15) is 4.31 Å². The van der Waals surface area contributed by atoms with E-state index in [-0.39, 0.29) is 30.8 Å². The molecule has 1 amide bonds. The molecular formula is C18H16BrF3N2O3S. The van der Waals surface area contributed by atoms with Crippen LogP contribution in [0.5, 0.6) is 0 Å². The molecule has 0 aliphatic carbocycles. The summed E-state index contributed by atoms with van der Waals surface area (Å²) in [4.78, 5) is 12.5. The molecule has 0 unspecified atom stereocenters. The maximum Gasteiger partial charge on any atom is 0.243 e. The number of hydrogen-bond acceptors (Lipinski definition) is 3. The van der Waals surface area contributed by atoms with Crippen LogP contribution < -0.4 is 5.32 Å². The van der Waals surface area contributed by atoms with Crippen LogP contribution in [0, 0.1) is 23.4 Å². The number of rotatable bonds is 4. The lowest BCUT2D eigenvalue weighted by Crippen LogP contribution is -2.41. The predicted octanol–water partition coefficient (Wildman–Crippen LogP) is 3.91. The van der Waals surface area contributed by atoms with E-state index < -0.39 is 45.0 Å². The number of carbonyl (C=O) groups excluding carboxylic acids is 1. The molecule has 0 saturated carbocycles. The van der Waals surface area contributed by atoms with Crippen LogP contribution in [0.4, 0.5) is 18.9 Å². The third-order valence-electron chi connectivity index (χ3n) is 4.57. The van der Waals surface area contributed by atoms with Crippen molar-refractivity contribution in [2.75, 3.05) is 18.4 Å². The van der Waals surface area contributed by atoms with Gasteiger partial charge in [0.2, 0.25) is 15.9 Å². The summed E-state index contributed by atoms with van der Waals surface area (Å²) in [6, 6.07) is 7.90. The van der Waals surface area contributed by atoms with Crippen LogP contribution in [0.25, 0.3) is 0 Å². The van der Waals surface area contributed by atoms with Gasteiger partial charge < -0.3 is 5.32 Å². The summed E-state index contributed by atoms with van der Waals surface area (Å²) < 4.78 is 67.3. The summed E-state index contributed by atoms with van der Waals surface area (Å²) in [5.74, 6) is -5.60. The largest absolute Gasteiger partial charge is 0.323 e. The van der Waals surface area contributed by atoms with Gasteiger partial charge in [-0.25, -0.2) is 21.6 Å².